The van der Waals surface area contributed by atoms with Crippen LogP contribution in [0.4, 0.5) is 0 Å². The third-order valence-electron chi connectivity index (χ3n) is 12.6. The molecule has 2 heterocycles. The van der Waals surface area contributed by atoms with E-state index in [2.05, 4.69) is 30.9 Å². The number of carbonyl (C=O) groups is 1. The van der Waals surface area contributed by atoms with Crippen molar-refractivity contribution in [2.75, 3.05) is 46.1 Å². The summed E-state index contributed by atoms with van der Waals surface area (Å²) in [6.45, 7) is 5.51. The van der Waals surface area contributed by atoms with E-state index in [-0.39, 0.29) is 62.1 Å². The minimum atomic E-state index is -1.33. The maximum absolute atomic E-state index is 14.8. The molecule has 11 nitrogen and oxygen atoms in total. The lowest BCUT2D eigenvalue weighted by Crippen LogP contribution is -2.70. The molecule has 2 N–H and O–H groups in total. The molecule has 3 aromatic rings. The number of amides is 1. The van der Waals surface area contributed by atoms with E-state index in [4.69, 9.17) is 33.7 Å². The number of aliphatic hydroxyl groups is 2. The standard InChI is InChI=1S/C48H58N2O9S/c1-3-23-58-48-44(50(47(53)33-16-17-33)30-32-15-19-42-43(26-32)57-31-56-42)29-40(49-54-2)38-27-34(11-7-9-21-51)37(14-8-10-22-52)45(46(38)48)39-28-35(18-20-41(39)59-48)55-24-25-60-36-12-5-4-6-13-36/h3-6,12-13,15,18-20,26-28,33-34,37,44-46,51-52H,1,7-11,14,16-17,21-25,29-31H2,2H3/t34-,37+,44-,45+,46+,48+/m0/s1. The average molecular weight is 839 g/mol. The van der Waals surface area contributed by atoms with E-state index >= 15 is 0 Å². The van der Waals surface area contributed by atoms with E-state index in [1.54, 1.807) is 24.9 Å². The van der Waals surface area contributed by atoms with Crippen LogP contribution in [0, 0.1) is 23.7 Å². The molecule has 2 aliphatic heterocycles. The monoisotopic (exact) mass is 838 g/mol. The van der Waals surface area contributed by atoms with E-state index in [0.717, 1.165) is 72.4 Å². The van der Waals surface area contributed by atoms with Crippen molar-refractivity contribution < 1.29 is 43.5 Å². The zero-order chi connectivity index (χ0) is 41.5. The first-order chi connectivity index (χ1) is 29.5. The minimum Gasteiger partial charge on any atom is -0.493 e. The molecule has 6 atom stereocenters. The molecule has 12 heteroatoms. The Bertz CT molecular complexity index is 2020. The number of benzene rings is 3. The van der Waals surface area contributed by atoms with Crippen molar-refractivity contribution in [3.05, 3.63) is 102 Å². The molecule has 8 rings (SSSR count). The van der Waals surface area contributed by atoms with Crippen LogP contribution in [0.1, 0.15) is 74.8 Å². The predicted octanol–water partition coefficient (Wildman–Crippen LogP) is 8.29. The van der Waals surface area contributed by atoms with Crippen molar-refractivity contribution in [2.45, 2.75) is 87.0 Å². The summed E-state index contributed by atoms with van der Waals surface area (Å²) in [5.41, 5.74) is 3.72. The second-order valence-electron chi connectivity index (χ2n) is 16.4. The second kappa shape index (κ2) is 19.5. The zero-order valence-electron chi connectivity index (χ0n) is 34.5. The molecule has 0 radical (unpaired) electrons. The van der Waals surface area contributed by atoms with Crippen LogP contribution in [-0.2, 0) is 20.9 Å². The van der Waals surface area contributed by atoms with E-state index in [1.165, 1.54) is 4.90 Å². The Morgan fingerprint density at radius 1 is 0.983 bits per heavy atom. The number of rotatable bonds is 21. The van der Waals surface area contributed by atoms with Gasteiger partial charge in [-0.1, -0.05) is 54.4 Å². The van der Waals surface area contributed by atoms with Gasteiger partial charge in [-0.15, -0.1) is 18.3 Å². The maximum atomic E-state index is 14.8. The summed E-state index contributed by atoms with van der Waals surface area (Å²) in [5.74, 6) is 1.97. The fourth-order valence-corrected chi connectivity index (χ4v) is 10.6. The van der Waals surface area contributed by atoms with Crippen LogP contribution in [-0.4, -0.2) is 84.6 Å². The Labute approximate surface area is 357 Å². The summed E-state index contributed by atoms with van der Waals surface area (Å²) in [7, 11) is 1.57. The Morgan fingerprint density at radius 3 is 2.53 bits per heavy atom. The van der Waals surface area contributed by atoms with Gasteiger partial charge in [0.05, 0.1) is 24.8 Å². The van der Waals surface area contributed by atoms with Crippen LogP contribution in [0.5, 0.6) is 23.0 Å². The summed E-state index contributed by atoms with van der Waals surface area (Å²) >= 11 is 1.76. The van der Waals surface area contributed by atoms with Gasteiger partial charge in [0.1, 0.15) is 24.7 Å². The highest BCUT2D eigenvalue weighted by Gasteiger charge is 2.66. The molecule has 5 aliphatic rings. The second-order valence-corrected chi connectivity index (χ2v) is 17.6. The van der Waals surface area contributed by atoms with Gasteiger partial charge in [-0.25, -0.2) is 0 Å². The van der Waals surface area contributed by atoms with Gasteiger partial charge in [0.15, 0.2) is 11.5 Å². The average Bonchev–Trinajstić information content (AvgIpc) is 4.02. The van der Waals surface area contributed by atoms with E-state index < -0.39 is 11.8 Å². The number of thioether (sulfide) groups is 1. The van der Waals surface area contributed by atoms with Gasteiger partial charge in [0.25, 0.3) is 0 Å². The van der Waals surface area contributed by atoms with Crippen LogP contribution < -0.4 is 18.9 Å². The number of nitrogens with zero attached hydrogens (tertiary/aromatic N) is 2. The summed E-state index contributed by atoms with van der Waals surface area (Å²) in [5, 5.41) is 24.6. The van der Waals surface area contributed by atoms with Crippen molar-refractivity contribution in [3.8, 4) is 23.0 Å². The molecule has 2 saturated carbocycles. The van der Waals surface area contributed by atoms with Crippen molar-refractivity contribution >= 4 is 23.4 Å². The normalized spacial score (nSPS) is 25.4. The van der Waals surface area contributed by atoms with Gasteiger partial charge in [0.2, 0.25) is 18.5 Å². The van der Waals surface area contributed by atoms with Crippen molar-refractivity contribution in [1.29, 1.82) is 0 Å². The van der Waals surface area contributed by atoms with Gasteiger partial charge in [0, 0.05) is 54.2 Å². The SMILES string of the molecule is C=CCO[C@@]12Oc3ccc(OCCSc4ccccc4)cc3[C@H]3[C@H](CCCCO)[C@@H](CCCCO)C=C(C(=NOC)C[C@@H]1N(Cc1ccc4c(c1)OCO4)C(=O)C1CC1)[C@H]32. The van der Waals surface area contributed by atoms with Gasteiger partial charge in [-0.05, 0) is 104 Å². The van der Waals surface area contributed by atoms with Crippen LogP contribution in [0.3, 0.4) is 0 Å². The molecule has 1 amide bonds. The number of hydrogen-bond donors (Lipinski definition) is 2. The topological polar surface area (TPSA) is 129 Å². The van der Waals surface area contributed by atoms with Crippen LogP contribution in [0.25, 0.3) is 0 Å². The van der Waals surface area contributed by atoms with E-state index in [9.17, 15) is 15.0 Å². The van der Waals surface area contributed by atoms with Crippen LogP contribution in [0.15, 0.2) is 101 Å². The molecular weight excluding hydrogens is 781 g/mol. The largest absolute Gasteiger partial charge is 0.493 e. The molecule has 0 bridgehead atoms. The summed E-state index contributed by atoms with van der Waals surface area (Å²) in [6, 6.07) is 21.7. The van der Waals surface area contributed by atoms with Gasteiger partial charge in [-0.3, -0.25) is 4.79 Å². The van der Waals surface area contributed by atoms with Gasteiger partial charge < -0.3 is 43.6 Å². The fourth-order valence-electron chi connectivity index (χ4n) is 9.83. The number of allylic oxidation sites excluding steroid dienone is 1. The number of fused-ring (bicyclic) bond motifs is 3. The highest BCUT2D eigenvalue weighted by molar-refractivity contribution is 7.99. The van der Waals surface area contributed by atoms with E-state index in [1.807, 2.05) is 53.4 Å². The third kappa shape index (κ3) is 8.93. The number of ether oxygens (including phenoxy) is 5. The Morgan fingerprint density at radius 2 is 1.77 bits per heavy atom. The third-order valence-corrected chi connectivity index (χ3v) is 13.6. The van der Waals surface area contributed by atoms with Crippen molar-refractivity contribution in [3.63, 3.8) is 0 Å². The number of carbonyl (C=O) groups excluding carboxylic acids is 1. The number of aliphatic hydroxyl groups excluding tert-OH is 2. The van der Waals surface area contributed by atoms with Gasteiger partial charge in [-0.2, -0.15) is 0 Å². The summed E-state index contributed by atoms with van der Waals surface area (Å²) in [4.78, 5) is 23.6. The van der Waals surface area contributed by atoms with Crippen molar-refractivity contribution in [2.24, 2.45) is 28.8 Å². The highest BCUT2D eigenvalue weighted by atomic mass is 32.2. The molecule has 320 valence electrons. The first-order valence-electron chi connectivity index (χ1n) is 21.6. The Hall–Kier alpha value is -4.49. The number of hydrogen-bond acceptors (Lipinski definition) is 11. The van der Waals surface area contributed by atoms with Crippen LogP contribution >= 0.6 is 11.8 Å². The Kier molecular flexibility index (Phi) is 13.7. The molecule has 0 spiro atoms. The fraction of sp³-hybridized carbons (Fsp3) is 0.500. The molecule has 60 heavy (non-hydrogen) atoms. The van der Waals surface area contributed by atoms with Crippen molar-refractivity contribution in [1.82, 2.24) is 4.90 Å². The maximum Gasteiger partial charge on any atom is 0.239 e. The first-order valence-corrected chi connectivity index (χ1v) is 22.6. The lowest BCUT2D eigenvalue weighted by molar-refractivity contribution is -0.258. The van der Waals surface area contributed by atoms with Crippen LogP contribution in [0.2, 0.25) is 0 Å². The minimum absolute atomic E-state index is 0.0590. The summed E-state index contributed by atoms with van der Waals surface area (Å²) in [6.07, 6.45) is 11.0. The lowest BCUT2D eigenvalue weighted by Gasteiger charge is -2.60. The molecule has 0 unspecified atom stereocenters. The molecular formula is C48H58N2O9S. The lowest BCUT2D eigenvalue weighted by atomic mass is 9.55. The Balaban J connectivity index is 1.25. The molecule has 3 aromatic carbocycles. The zero-order valence-corrected chi connectivity index (χ0v) is 35.4. The van der Waals surface area contributed by atoms with E-state index in [0.29, 0.717) is 49.7 Å². The smallest absolute Gasteiger partial charge is 0.239 e. The molecule has 2 fully saturated rings. The highest BCUT2D eigenvalue weighted by Crippen LogP contribution is 2.62. The van der Waals surface area contributed by atoms with Gasteiger partial charge >= 0.3 is 0 Å². The number of oxime groups is 1. The molecule has 0 aromatic heterocycles. The quantitative estimate of drug-likeness (QED) is 0.0468. The number of unbranched alkanes of at least 4 members (excludes halogenated alkanes) is 2. The predicted molar refractivity (Wildman–Crippen MR) is 230 cm³/mol. The summed E-state index contributed by atoms with van der Waals surface area (Å²) < 4.78 is 32.4. The first kappa shape index (κ1) is 42.2. The molecule has 3 aliphatic carbocycles. The molecule has 0 saturated heterocycles.